The van der Waals surface area contributed by atoms with Crippen molar-refractivity contribution in [2.24, 2.45) is 0 Å². The number of anilines is 1. The van der Waals surface area contributed by atoms with Gasteiger partial charge in [-0.25, -0.2) is 4.98 Å². The van der Waals surface area contributed by atoms with Gasteiger partial charge in [0.05, 0.1) is 16.6 Å². The fourth-order valence-corrected chi connectivity index (χ4v) is 3.51. The maximum absolute atomic E-state index is 13.0. The van der Waals surface area contributed by atoms with E-state index in [0.29, 0.717) is 45.2 Å². The molecule has 0 saturated heterocycles. The summed E-state index contributed by atoms with van der Waals surface area (Å²) < 4.78 is 12.1. The molecule has 0 saturated carbocycles. The molecule has 7 heteroatoms. The van der Waals surface area contributed by atoms with Gasteiger partial charge in [-0.15, -0.1) is 0 Å². The summed E-state index contributed by atoms with van der Waals surface area (Å²) in [7, 11) is 0. The van der Waals surface area contributed by atoms with E-state index in [0.717, 1.165) is 0 Å². The molecular formula is C23H17N3O4. The number of amides is 1. The van der Waals surface area contributed by atoms with Gasteiger partial charge in [0.25, 0.3) is 11.5 Å². The Hall–Kier alpha value is -4.13. The average Bonchev–Trinajstić information content (AvgIpc) is 3.22. The fraction of sp³-hybridized carbons (Fsp3) is 0.0870. The molecule has 1 aromatic heterocycles. The van der Waals surface area contributed by atoms with Crippen LogP contribution in [0.1, 0.15) is 16.2 Å². The first-order chi connectivity index (χ1) is 14.6. The van der Waals surface area contributed by atoms with Crippen LogP contribution in [0, 0.1) is 6.92 Å². The Morgan fingerprint density at radius 1 is 1.00 bits per heavy atom. The van der Waals surface area contributed by atoms with Gasteiger partial charge in [-0.1, -0.05) is 18.2 Å². The van der Waals surface area contributed by atoms with E-state index in [1.54, 1.807) is 60.0 Å². The minimum atomic E-state index is -0.286. The van der Waals surface area contributed by atoms with Crippen LogP contribution in [0.2, 0.25) is 0 Å². The molecule has 2 heterocycles. The van der Waals surface area contributed by atoms with Crippen molar-refractivity contribution in [1.29, 1.82) is 0 Å². The summed E-state index contributed by atoms with van der Waals surface area (Å²) in [5, 5.41) is 3.40. The summed E-state index contributed by atoms with van der Waals surface area (Å²) in [6, 6.07) is 19.4. The van der Waals surface area contributed by atoms with Crippen LogP contribution in [0.4, 0.5) is 5.69 Å². The molecule has 1 aliphatic rings. The van der Waals surface area contributed by atoms with E-state index < -0.39 is 0 Å². The van der Waals surface area contributed by atoms with Crippen LogP contribution < -0.4 is 20.3 Å². The fourth-order valence-electron chi connectivity index (χ4n) is 3.51. The summed E-state index contributed by atoms with van der Waals surface area (Å²) in [4.78, 5) is 30.2. The Labute approximate surface area is 171 Å². The number of hydrogen-bond acceptors (Lipinski definition) is 5. The third-order valence-corrected chi connectivity index (χ3v) is 4.94. The minimum absolute atomic E-state index is 0.149. The molecule has 30 heavy (non-hydrogen) atoms. The standard InChI is InChI=1S/C23H17N3O4/c1-14-24-19-8-3-2-7-18(19)23(28)26(14)17-6-4-5-16(12-17)25-22(27)15-9-10-20-21(11-15)30-13-29-20/h2-12H,13H2,1H3,(H,25,27). The Morgan fingerprint density at radius 2 is 1.83 bits per heavy atom. The molecule has 0 spiro atoms. The Balaban J connectivity index is 1.49. The van der Waals surface area contributed by atoms with Crippen LogP contribution in [0.3, 0.4) is 0 Å². The molecule has 0 bridgehead atoms. The molecule has 1 N–H and O–H groups in total. The predicted octanol–water partition coefficient (Wildman–Crippen LogP) is 3.68. The highest BCUT2D eigenvalue weighted by Crippen LogP contribution is 2.32. The van der Waals surface area contributed by atoms with Gasteiger partial charge < -0.3 is 14.8 Å². The van der Waals surface area contributed by atoms with Crippen LogP contribution in [-0.2, 0) is 0 Å². The zero-order chi connectivity index (χ0) is 20.7. The predicted molar refractivity (Wildman–Crippen MR) is 113 cm³/mol. The normalized spacial score (nSPS) is 12.2. The number of carbonyl (C=O) groups is 1. The second-order valence-corrected chi connectivity index (χ2v) is 6.89. The average molecular weight is 399 g/mol. The highest BCUT2D eigenvalue weighted by atomic mass is 16.7. The third kappa shape index (κ3) is 3.06. The second kappa shape index (κ2) is 7.04. The zero-order valence-electron chi connectivity index (χ0n) is 16.1. The van der Waals surface area contributed by atoms with Crippen molar-refractivity contribution in [1.82, 2.24) is 9.55 Å². The quantitative estimate of drug-likeness (QED) is 0.568. The van der Waals surface area contributed by atoms with Gasteiger partial charge in [0.15, 0.2) is 11.5 Å². The molecule has 0 atom stereocenters. The molecule has 0 fully saturated rings. The smallest absolute Gasteiger partial charge is 0.265 e. The largest absolute Gasteiger partial charge is 0.454 e. The molecule has 0 unspecified atom stereocenters. The van der Waals surface area contributed by atoms with Gasteiger partial charge in [-0.3, -0.25) is 14.2 Å². The number of nitrogens with one attached hydrogen (secondary N) is 1. The highest BCUT2D eigenvalue weighted by molar-refractivity contribution is 6.04. The summed E-state index contributed by atoms with van der Waals surface area (Å²) in [5.41, 5.74) is 2.14. The number of benzene rings is 3. The molecule has 0 aliphatic carbocycles. The van der Waals surface area contributed by atoms with Gasteiger partial charge in [-0.2, -0.15) is 0 Å². The lowest BCUT2D eigenvalue weighted by Crippen LogP contribution is -2.22. The molecule has 7 nitrogen and oxygen atoms in total. The van der Waals surface area contributed by atoms with E-state index in [1.165, 1.54) is 0 Å². The maximum atomic E-state index is 13.0. The van der Waals surface area contributed by atoms with Crippen LogP contribution in [0.15, 0.2) is 71.5 Å². The second-order valence-electron chi connectivity index (χ2n) is 6.89. The van der Waals surface area contributed by atoms with Crippen molar-refractivity contribution in [3.05, 3.63) is 88.5 Å². The van der Waals surface area contributed by atoms with Crippen LogP contribution in [0.5, 0.6) is 11.5 Å². The number of aryl methyl sites for hydroxylation is 1. The van der Waals surface area contributed by atoms with Crippen molar-refractivity contribution in [2.45, 2.75) is 6.92 Å². The number of para-hydroxylation sites is 1. The zero-order valence-corrected chi connectivity index (χ0v) is 16.1. The van der Waals surface area contributed by atoms with E-state index in [4.69, 9.17) is 9.47 Å². The van der Waals surface area contributed by atoms with Crippen LogP contribution in [0.25, 0.3) is 16.6 Å². The SMILES string of the molecule is Cc1nc2ccccc2c(=O)n1-c1cccc(NC(=O)c2ccc3c(c2)OCO3)c1. The molecule has 4 aromatic rings. The monoisotopic (exact) mass is 399 g/mol. The lowest BCUT2D eigenvalue weighted by Gasteiger charge is -2.13. The minimum Gasteiger partial charge on any atom is -0.454 e. The lowest BCUT2D eigenvalue weighted by atomic mass is 10.1. The van der Waals surface area contributed by atoms with E-state index in [2.05, 4.69) is 10.3 Å². The van der Waals surface area contributed by atoms with Crippen LogP contribution >= 0.6 is 0 Å². The first-order valence-electron chi connectivity index (χ1n) is 9.40. The summed E-state index contributed by atoms with van der Waals surface area (Å²) in [5.74, 6) is 1.44. The van der Waals surface area contributed by atoms with Crippen molar-refractivity contribution in [3.8, 4) is 17.2 Å². The molecular weight excluding hydrogens is 382 g/mol. The first kappa shape index (κ1) is 17.9. The van der Waals surface area contributed by atoms with Crippen molar-refractivity contribution in [2.75, 3.05) is 12.1 Å². The highest BCUT2D eigenvalue weighted by Gasteiger charge is 2.17. The summed E-state index contributed by atoms with van der Waals surface area (Å²) in [6.45, 7) is 1.93. The maximum Gasteiger partial charge on any atom is 0.265 e. The van der Waals surface area contributed by atoms with Crippen LogP contribution in [-0.4, -0.2) is 22.3 Å². The molecule has 1 amide bonds. The van der Waals surface area contributed by atoms with Gasteiger partial charge in [0, 0.05) is 11.3 Å². The first-order valence-corrected chi connectivity index (χ1v) is 9.40. The lowest BCUT2D eigenvalue weighted by molar-refractivity contribution is 0.102. The third-order valence-electron chi connectivity index (χ3n) is 4.94. The molecule has 0 radical (unpaired) electrons. The van der Waals surface area contributed by atoms with Gasteiger partial charge in [0.2, 0.25) is 6.79 Å². The van der Waals surface area contributed by atoms with E-state index in [-0.39, 0.29) is 18.3 Å². The number of fused-ring (bicyclic) bond motifs is 2. The van der Waals surface area contributed by atoms with Gasteiger partial charge >= 0.3 is 0 Å². The van der Waals surface area contributed by atoms with E-state index >= 15 is 0 Å². The van der Waals surface area contributed by atoms with E-state index in [9.17, 15) is 9.59 Å². The molecule has 148 valence electrons. The Kier molecular flexibility index (Phi) is 4.21. The Morgan fingerprint density at radius 3 is 2.73 bits per heavy atom. The topological polar surface area (TPSA) is 82.5 Å². The van der Waals surface area contributed by atoms with E-state index in [1.807, 2.05) is 18.2 Å². The molecule has 1 aliphatic heterocycles. The van der Waals surface area contributed by atoms with Crippen molar-refractivity contribution in [3.63, 3.8) is 0 Å². The number of carbonyl (C=O) groups excluding carboxylic acids is 1. The summed E-state index contributed by atoms with van der Waals surface area (Å²) in [6.07, 6.45) is 0. The van der Waals surface area contributed by atoms with Crippen molar-refractivity contribution >= 4 is 22.5 Å². The number of nitrogens with zero attached hydrogens (tertiary/aromatic N) is 2. The number of hydrogen-bond donors (Lipinski definition) is 1. The molecule has 3 aromatic carbocycles. The number of rotatable bonds is 3. The Bertz CT molecular complexity index is 1360. The van der Waals surface area contributed by atoms with Gasteiger partial charge in [-0.05, 0) is 55.5 Å². The van der Waals surface area contributed by atoms with Crippen molar-refractivity contribution < 1.29 is 14.3 Å². The number of ether oxygens (including phenoxy) is 2. The molecule has 5 rings (SSSR count). The van der Waals surface area contributed by atoms with Gasteiger partial charge in [0.1, 0.15) is 5.82 Å². The summed E-state index contributed by atoms with van der Waals surface area (Å²) >= 11 is 0. The number of aromatic nitrogens is 2.